The normalized spacial score (nSPS) is 36.6. The quantitative estimate of drug-likeness (QED) is 0.869. The summed E-state index contributed by atoms with van der Waals surface area (Å²) in [6.45, 7) is 0. The Balaban J connectivity index is 1.48. The summed E-state index contributed by atoms with van der Waals surface area (Å²) in [5.41, 5.74) is 0. The number of ether oxygens (including phenoxy) is 1. The van der Waals surface area contributed by atoms with E-state index in [0.29, 0.717) is 17.7 Å². The Morgan fingerprint density at radius 3 is 2.70 bits per heavy atom. The van der Waals surface area contributed by atoms with E-state index in [1.807, 2.05) is 0 Å². The maximum Gasteiger partial charge on any atom is 0.234 e. The van der Waals surface area contributed by atoms with Gasteiger partial charge in [-0.05, 0) is 42.9 Å². The van der Waals surface area contributed by atoms with E-state index in [4.69, 9.17) is 16.3 Å². The number of nitrogens with zero attached hydrogens (tertiary/aromatic N) is 2. The number of carbonyl (C=O) groups excluding carboxylic acids is 1. The smallest absolute Gasteiger partial charge is 0.234 e. The third-order valence-electron chi connectivity index (χ3n) is 5.15. The van der Waals surface area contributed by atoms with Crippen LogP contribution in [0.25, 0.3) is 0 Å². The van der Waals surface area contributed by atoms with Crippen LogP contribution >= 0.6 is 11.6 Å². The van der Waals surface area contributed by atoms with Crippen molar-refractivity contribution in [2.75, 3.05) is 12.4 Å². The van der Waals surface area contributed by atoms with Gasteiger partial charge in [-0.25, -0.2) is 4.98 Å². The lowest BCUT2D eigenvalue weighted by atomic mass is 10.0. The summed E-state index contributed by atoms with van der Waals surface area (Å²) in [6.07, 6.45) is 3.94. The maximum atomic E-state index is 12.3. The van der Waals surface area contributed by atoms with Gasteiger partial charge in [-0.3, -0.25) is 10.1 Å². The zero-order valence-electron chi connectivity index (χ0n) is 11.2. The fraction of sp³-hybridized carbons (Fsp3) is 0.643. The molecule has 3 saturated carbocycles. The molecular weight excluding hydrogens is 278 g/mol. The van der Waals surface area contributed by atoms with E-state index in [-0.39, 0.29) is 22.9 Å². The van der Waals surface area contributed by atoms with E-state index in [2.05, 4.69) is 15.3 Å². The molecule has 1 amide bonds. The second kappa shape index (κ2) is 4.32. The topological polar surface area (TPSA) is 64.1 Å². The van der Waals surface area contributed by atoms with Crippen LogP contribution in [0, 0.1) is 29.6 Å². The molecule has 3 fully saturated rings. The first-order valence-corrected chi connectivity index (χ1v) is 7.44. The van der Waals surface area contributed by atoms with Crippen LogP contribution in [0.15, 0.2) is 6.07 Å². The standard InChI is InChI=1S/C14H16ClN3O2/c1-20-9-5-8(15)16-14(17-9)18-13(19)12-10-6-2-3-7(4-6)11(10)12/h5-7,10-12H,2-4H2,1H3,(H,16,17,18,19). The molecule has 0 radical (unpaired) electrons. The van der Waals surface area contributed by atoms with Crippen LogP contribution in [0.5, 0.6) is 5.88 Å². The highest BCUT2D eigenvalue weighted by Gasteiger charge is 2.67. The highest BCUT2D eigenvalue weighted by molar-refractivity contribution is 6.29. The largest absolute Gasteiger partial charge is 0.481 e. The van der Waals surface area contributed by atoms with Gasteiger partial charge in [0.2, 0.25) is 17.7 Å². The van der Waals surface area contributed by atoms with Crippen molar-refractivity contribution in [3.63, 3.8) is 0 Å². The van der Waals surface area contributed by atoms with Gasteiger partial charge in [0.05, 0.1) is 7.11 Å². The molecule has 1 aromatic heterocycles. The Morgan fingerprint density at radius 1 is 1.35 bits per heavy atom. The molecule has 4 atom stereocenters. The minimum Gasteiger partial charge on any atom is -0.481 e. The second-order valence-corrected chi connectivity index (χ2v) is 6.45. The maximum absolute atomic E-state index is 12.3. The van der Waals surface area contributed by atoms with Crippen molar-refractivity contribution >= 4 is 23.5 Å². The SMILES string of the molecule is COc1cc(Cl)nc(NC(=O)C2C3C4CCC(C4)C23)n1. The second-order valence-electron chi connectivity index (χ2n) is 6.06. The first kappa shape index (κ1) is 12.4. The third kappa shape index (κ3) is 1.79. The molecule has 5 nitrogen and oxygen atoms in total. The summed E-state index contributed by atoms with van der Waals surface area (Å²) >= 11 is 5.88. The average molecular weight is 294 g/mol. The predicted molar refractivity (Wildman–Crippen MR) is 73.5 cm³/mol. The van der Waals surface area contributed by atoms with E-state index < -0.39 is 0 Å². The van der Waals surface area contributed by atoms with Crippen LogP contribution in [0.2, 0.25) is 5.15 Å². The van der Waals surface area contributed by atoms with Gasteiger partial charge in [-0.1, -0.05) is 11.6 Å². The van der Waals surface area contributed by atoms with Crippen molar-refractivity contribution in [3.8, 4) is 5.88 Å². The minimum atomic E-state index is 0.0425. The van der Waals surface area contributed by atoms with E-state index in [1.54, 1.807) is 0 Å². The summed E-state index contributed by atoms with van der Waals surface area (Å²) in [5, 5.41) is 3.06. The minimum absolute atomic E-state index is 0.0425. The number of carbonyl (C=O) groups is 1. The molecule has 3 aliphatic carbocycles. The Kier molecular flexibility index (Phi) is 2.67. The molecule has 1 N–H and O–H groups in total. The summed E-state index contributed by atoms with van der Waals surface area (Å²) in [4.78, 5) is 20.5. The summed E-state index contributed by atoms with van der Waals surface area (Å²) in [7, 11) is 1.51. The van der Waals surface area contributed by atoms with Crippen LogP contribution in [-0.2, 0) is 4.79 Å². The first-order chi connectivity index (χ1) is 9.67. The highest BCUT2D eigenvalue weighted by atomic mass is 35.5. The number of hydrogen-bond donors (Lipinski definition) is 1. The number of rotatable bonds is 3. The molecule has 4 unspecified atom stereocenters. The Bertz CT molecular complexity index is 564. The molecule has 2 bridgehead atoms. The van der Waals surface area contributed by atoms with Crippen LogP contribution < -0.4 is 10.1 Å². The predicted octanol–water partition coefficient (Wildman–Crippen LogP) is 2.37. The molecule has 6 heteroatoms. The van der Waals surface area contributed by atoms with E-state index in [1.165, 1.54) is 32.4 Å². The lowest BCUT2D eigenvalue weighted by Crippen LogP contribution is -2.20. The lowest BCUT2D eigenvalue weighted by molar-refractivity contribution is -0.118. The van der Waals surface area contributed by atoms with Gasteiger partial charge in [-0.2, -0.15) is 4.98 Å². The van der Waals surface area contributed by atoms with Gasteiger partial charge < -0.3 is 4.74 Å². The molecule has 3 aliphatic rings. The number of anilines is 1. The number of nitrogens with one attached hydrogen (secondary N) is 1. The number of methoxy groups -OCH3 is 1. The van der Waals surface area contributed by atoms with E-state index >= 15 is 0 Å². The number of fused-ring (bicyclic) bond motifs is 5. The fourth-order valence-corrected chi connectivity index (χ4v) is 4.60. The number of amides is 1. The zero-order chi connectivity index (χ0) is 13.9. The van der Waals surface area contributed by atoms with Crippen molar-refractivity contribution in [3.05, 3.63) is 11.2 Å². The van der Waals surface area contributed by atoms with Crippen molar-refractivity contribution in [1.29, 1.82) is 0 Å². The Labute approximate surface area is 122 Å². The van der Waals surface area contributed by atoms with Gasteiger partial charge in [0.1, 0.15) is 5.15 Å². The summed E-state index contributed by atoms with van der Waals surface area (Å²) in [5.74, 6) is 3.56. The molecule has 0 aliphatic heterocycles. The molecule has 1 heterocycles. The average Bonchev–Trinajstić information content (AvgIpc) is 2.87. The van der Waals surface area contributed by atoms with Gasteiger partial charge >= 0.3 is 0 Å². The van der Waals surface area contributed by atoms with Crippen LogP contribution in [-0.4, -0.2) is 23.0 Å². The summed E-state index contributed by atoms with van der Waals surface area (Å²) < 4.78 is 5.03. The van der Waals surface area contributed by atoms with Crippen molar-refractivity contribution < 1.29 is 9.53 Å². The van der Waals surface area contributed by atoms with Crippen LogP contribution in [0.4, 0.5) is 5.95 Å². The molecule has 0 aromatic carbocycles. The molecule has 1 aromatic rings. The Morgan fingerprint density at radius 2 is 2.05 bits per heavy atom. The van der Waals surface area contributed by atoms with Gasteiger partial charge in [0, 0.05) is 12.0 Å². The van der Waals surface area contributed by atoms with Gasteiger partial charge in [-0.15, -0.1) is 0 Å². The highest BCUT2D eigenvalue weighted by Crippen LogP contribution is 2.69. The third-order valence-corrected chi connectivity index (χ3v) is 5.35. The fourth-order valence-electron chi connectivity index (χ4n) is 4.43. The van der Waals surface area contributed by atoms with E-state index in [9.17, 15) is 4.79 Å². The molecule has 0 spiro atoms. The van der Waals surface area contributed by atoms with Crippen molar-refractivity contribution in [2.45, 2.75) is 19.3 Å². The van der Waals surface area contributed by atoms with Crippen molar-refractivity contribution in [2.24, 2.45) is 29.6 Å². The van der Waals surface area contributed by atoms with Crippen LogP contribution in [0.3, 0.4) is 0 Å². The molecule has 20 heavy (non-hydrogen) atoms. The molecule has 106 valence electrons. The number of aromatic nitrogens is 2. The van der Waals surface area contributed by atoms with E-state index in [0.717, 1.165) is 11.8 Å². The molecular formula is C14H16ClN3O2. The lowest BCUT2D eigenvalue weighted by Gasteiger charge is -2.09. The van der Waals surface area contributed by atoms with Crippen molar-refractivity contribution in [1.82, 2.24) is 9.97 Å². The van der Waals surface area contributed by atoms with Crippen LogP contribution in [0.1, 0.15) is 19.3 Å². The van der Waals surface area contributed by atoms with Gasteiger partial charge in [0.15, 0.2) is 0 Å². The summed E-state index contributed by atoms with van der Waals surface area (Å²) in [6, 6.07) is 1.52. The molecule has 0 saturated heterocycles. The zero-order valence-corrected chi connectivity index (χ0v) is 11.9. The Hall–Kier alpha value is -1.36. The number of hydrogen-bond acceptors (Lipinski definition) is 4. The van der Waals surface area contributed by atoms with Gasteiger partial charge in [0.25, 0.3) is 0 Å². The number of halogens is 1. The first-order valence-electron chi connectivity index (χ1n) is 7.07. The monoisotopic (exact) mass is 293 g/mol. The molecule has 4 rings (SSSR count).